The minimum atomic E-state index is 0.337. The van der Waals surface area contributed by atoms with Crippen LogP contribution in [0.3, 0.4) is 0 Å². The Morgan fingerprint density at radius 3 is 2.10 bits per heavy atom. The quantitative estimate of drug-likeness (QED) is 0.654. The number of hydrogen-bond acceptors (Lipinski definition) is 4. The molecule has 0 radical (unpaired) electrons. The Hall–Kier alpha value is -1.32. The second kappa shape index (κ2) is 8.85. The van der Waals surface area contributed by atoms with E-state index >= 15 is 0 Å². The maximum absolute atomic E-state index is 4.69. The highest BCUT2D eigenvalue weighted by molar-refractivity contribution is 5.57. The maximum Gasteiger partial charge on any atom is 0.135 e. The van der Waals surface area contributed by atoms with Crippen LogP contribution in [-0.4, -0.2) is 23.1 Å². The van der Waals surface area contributed by atoms with Crippen LogP contribution < -0.4 is 10.6 Å². The topological polar surface area (TPSA) is 49.8 Å². The summed E-state index contributed by atoms with van der Waals surface area (Å²) in [6.07, 6.45) is 3.76. The molecule has 0 saturated heterocycles. The normalized spacial score (nSPS) is 11.2. The van der Waals surface area contributed by atoms with Crippen molar-refractivity contribution in [1.82, 2.24) is 9.97 Å². The number of nitrogens with zero attached hydrogens (tertiary/aromatic N) is 2. The Balaban J connectivity index is 2.70. The number of hydrogen-bond donors (Lipinski definition) is 2. The Labute approximate surface area is 130 Å². The van der Waals surface area contributed by atoms with Crippen molar-refractivity contribution < 1.29 is 0 Å². The van der Waals surface area contributed by atoms with Crippen molar-refractivity contribution in [2.24, 2.45) is 5.92 Å². The molecule has 0 aliphatic carbocycles. The zero-order valence-corrected chi connectivity index (χ0v) is 14.6. The average molecular weight is 292 g/mol. The van der Waals surface area contributed by atoms with E-state index in [0.29, 0.717) is 5.92 Å². The van der Waals surface area contributed by atoms with Crippen LogP contribution in [0.15, 0.2) is 0 Å². The lowest BCUT2D eigenvalue weighted by Gasteiger charge is -2.16. The smallest absolute Gasteiger partial charge is 0.135 e. The Morgan fingerprint density at radius 2 is 1.57 bits per heavy atom. The lowest BCUT2D eigenvalue weighted by molar-refractivity contribution is 0.544. The van der Waals surface area contributed by atoms with Crippen molar-refractivity contribution in [2.75, 3.05) is 23.7 Å². The molecule has 0 amide bonds. The molecule has 0 spiro atoms. The molecule has 1 rings (SSSR count). The van der Waals surface area contributed by atoms with Gasteiger partial charge in [-0.15, -0.1) is 0 Å². The standard InChI is InChI=1S/C17H32N4/c1-7-18-16-14(6)17(21-15(20-16)13(4)5)19-11-9-8-10-12(2)3/h12-13H,7-11H2,1-6H3,(H2,18,19,20,21). The van der Waals surface area contributed by atoms with Gasteiger partial charge in [-0.05, 0) is 26.2 Å². The highest BCUT2D eigenvalue weighted by atomic mass is 15.1. The zero-order valence-electron chi connectivity index (χ0n) is 14.6. The van der Waals surface area contributed by atoms with Gasteiger partial charge in [-0.2, -0.15) is 0 Å². The van der Waals surface area contributed by atoms with Crippen LogP contribution in [0.1, 0.15) is 71.2 Å². The number of unbranched alkanes of at least 4 members (excludes halogenated alkanes) is 1. The molecule has 0 atom stereocenters. The summed E-state index contributed by atoms with van der Waals surface area (Å²) in [5.74, 6) is 3.97. The van der Waals surface area contributed by atoms with E-state index < -0.39 is 0 Å². The van der Waals surface area contributed by atoms with Gasteiger partial charge in [0.1, 0.15) is 17.5 Å². The number of nitrogens with one attached hydrogen (secondary N) is 2. The van der Waals surface area contributed by atoms with E-state index in [1.165, 1.54) is 19.3 Å². The summed E-state index contributed by atoms with van der Waals surface area (Å²) in [6, 6.07) is 0. The maximum atomic E-state index is 4.69. The first kappa shape index (κ1) is 17.7. The minimum Gasteiger partial charge on any atom is -0.370 e. The van der Waals surface area contributed by atoms with Gasteiger partial charge in [0.05, 0.1) is 0 Å². The molecular formula is C17H32N4. The molecule has 2 N–H and O–H groups in total. The van der Waals surface area contributed by atoms with Gasteiger partial charge in [-0.1, -0.05) is 40.5 Å². The van der Waals surface area contributed by atoms with Crippen molar-refractivity contribution in [3.8, 4) is 0 Å². The van der Waals surface area contributed by atoms with E-state index in [-0.39, 0.29) is 0 Å². The summed E-state index contributed by atoms with van der Waals surface area (Å²) in [6.45, 7) is 14.9. The summed E-state index contributed by atoms with van der Waals surface area (Å²) < 4.78 is 0. The van der Waals surface area contributed by atoms with E-state index in [2.05, 4.69) is 62.1 Å². The molecule has 4 heteroatoms. The highest BCUT2D eigenvalue weighted by Crippen LogP contribution is 2.23. The molecule has 0 aromatic carbocycles. The molecule has 4 nitrogen and oxygen atoms in total. The van der Waals surface area contributed by atoms with Crippen LogP contribution in [0.5, 0.6) is 0 Å². The van der Waals surface area contributed by atoms with Crippen molar-refractivity contribution in [3.63, 3.8) is 0 Å². The second-order valence-corrected chi connectivity index (χ2v) is 6.41. The van der Waals surface area contributed by atoms with E-state index in [9.17, 15) is 0 Å². The molecule has 0 aliphatic rings. The van der Waals surface area contributed by atoms with Gasteiger partial charge in [-0.25, -0.2) is 9.97 Å². The molecule has 0 fully saturated rings. The minimum absolute atomic E-state index is 0.337. The van der Waals surface area contributed by atoms with Crippen molar-refractivity contribution in [2.45, 2.75) is 66.7 Å². The van der Waals surface area contributed by atoms with E-state index in [0.717, 1.165) is 42.0 Å². The van der Waals surface area contributed by atoms with E-state index in [1.54, 1.807) is 0 Å². The zero-order chi connectivity index (χ0) is 15.8. The molecule has 1 aromatic rings. The molecule has 0 saturated carbocycles. The van der Waals surface area contributed by atoms with Gasteiger partial charge >= 0.3 is 0 Å². The second-order valence-electron chi connectivity index (χ2n) is 6.41. The first-order valence-corrected chi connectivity index (χ1v) is 8.31. The third-order valence-electron chi connectivity index (χ3n) is 3.52. The van der Waals surface area contributed by atoms with E-state index in [4.69, 9.17) is 0 Å². The summed E-state index contributed by atoms with van der Waals surface area (Å²) in [5.41, 5.74) is 1.12. The molecule has 1 heterocycles. The Morgan fingerprint density at radius 1 is 0.952 bits per heavy atom. The SMILES string of the molecule is CCNc1nc(C(C)C)nc(NCCCCC(C)C)c1C. The summed E-state index contributed by atoms with van der Waals surface area (Å²) in [4.78, 5) is 9.31. The molecule has 21 heavy (non-hydrogen) atoms. The van der Waals surface area contributed by atoms with Gasteiger partial charge < -0.3 is 10.6 Å². The van der Waals surface area contributed by atoms with Gasteiger partial charge in [0.2, 0.25) is 0 Å². The van der Waals surface area contributed by atoms with Gasteiger partial charge in [-0.3, -0.25) is 0 Å². The highest BCUT2D eigenvalue weighted by Gasteiger charge is 2.12. The lowest BCUT2D eigenvalue weighted by atomic mass is 10.1. The van der Waals surface area contributed by atoms with Crippen molar-refractivity contribution in [1.29, 1.82) is 0 Å². The molecule has 120 valence electrons. The third-order valence-corrected chi connectivity index (χ3v) is 3.52. The van der Waals surface area contributed by atoms with Crippen molar-refractivity contribution >= 4 is 11.6 Å². The Bertz CT molecular complexity index is 427. The lowest BCUT2D eigenvalue weighted by Crippen LogP contribution is -2.12. The first-order chi connectivity index (χ1) is 9.95. The van der Waals surface area contributed by atoms with Gasteiger partial charge in [0.25, 0.3) is 0 Å². The van der Waals surface area contributed by atoms with Crippen molar-refractivity contribution in [3.05, 3.63) is 11.4 Å². The van der Waals surface area contributed by atoms with Crippen LogP contribution >= 0.6 is 0 Å². The molecular weight excluding hydrogens is 260 g/mol. The largest absolute Gasteiger partial charge is 0.370 e. The van der Waals surface area contributed by atoms with Gasteiger partial charge in [0.15, 0.2) is 0 Å². The molecule has 0 bridgehead atoms. The number of anilines is 2. The fourth-order valence-corrected chi connectivity index (χ4v) is 2.19. The average Bonchev–Trinajstić information content (AvgIpc) is 2.41. The molecule has 1 aromatic heterocycles. The summed E-state index contributed by atoms with van der Waals surface area (Å²) in [7, 11) is 0. The molecule has 0 aliphatic heterocycles. The molecule has 0 unspecified atom stereocenters. The van der Waals surface area contributed by atoms with Crippen LogP contribution in [0.25, 0.3) is 0 Å². The summed E-state index contributed by atoms with van der Waals surface area (Å²) in [5, 5.41) is 6.83. The number of aromatic nitrogens is 2. The predicted molar refractivity (Wildman–Crippen MR) is 92.2 cm³/mol. The first-order valence-electron chi connectivity index (χ1n) is 8.31. The monoisotopic (exact) mass is 292 g/mol. The third kappa shape index (κ3) is 5.90. The van der Waals surface area contributed by atoms with E-state index in [1.807, 2.05) is 0 Å². The fraction of sp³-hybridized carbons (Fsp3) is 0.765. The van der Waals surface area contributed by atoms with Crippen LogP contribution in [0, 0.1) is 12.8 Å². The predicted octanol–water partition coefficient (Wildman–Crippen LogP) is 4.58. The Kier molecular flexibility index (Phi) is 7.48. The van der Waals surface area contributed by atoms with Crippen LogP contribution in [-0.2, 0) is 0 Å². The van der Waals surface area contributed by atoms with Crippen LogP contribution in [0.4, 0.5) is 11.6 Å². The van der Waals surface area contributed by atoms with Gasteiger partial charge in [0, 0.05) is 24.6 Å². The summed E-state index contributed by atoms with van der Waals surface area (Å²) >= 11 is 0. The number of rotatable bonds is 9. The fourth-order valence-electron chi connectivity index (χ4n) is 2.19. The van der Waals surface area contributed by atoms with Crippen LogP contribution in [0.2, 0.25) is 0 Å².